The highest BCUT2D eigenvalue weighted by Crippen LogP contribution is 2.23. The van der Waals surface area contributed by atoms with Gasteiger partial charge in [-0.05, 0) is 49.6 Å². The summed E-state index contributed by atoms with van der Waals surface area (Å²) in [6.07, 6.45) is 5.78. The Labute approximate surface area is 200 Å². The Morgan fingerprint density at radius 1 is 1.03 bits per heavy atom. The summed E-state index contributed by atoms with van der Waals surface area (Å²) < 4.78 is 25.7. The van der Waals surface area contributed by atoms with E-state index in [0.29, 0.717) is 28.4 Å². The third kappa shape index (κ3) is 7.20. The van der Waals surface area contributed by atoms with Gasteiger partial charge < -0.3 is 10.2 Å². The lowest BCUT2D eigenvalue weighted by molar-refractivity contribution is -0.116. The van der Waals surface area contributed by atoms with Crippen molar-refractivity contribution in [3.8, 4) is 0 Å². The highest BCUT2D eigenvalue weighted by atomic mass is 35.5. The van der Waals surface area contributed by atoms with E-state index in [-0.39, 0.29) is 24.8 Å². The van der Waals surface area contributed by atoms with E-state index < -0.39 is 10.0 Å². The molecule has 0 bridgehead atoms. The number of amides is 2. The highest BCUT2D eigenvalue weighted by molar-refractivity contribution is 7.92. The van der Waals surface area contributed by atoms with Gasteiger partial charge in [-0.2, -0.15) is 0 Å². The van der Waals surface area contributed by atoms with E-state index in [0.717, 1.165) is 45.0 Å². The van der Waals surface area contributed by atoms with Crippen molar-refractivity contribution in [3.05, 3.63) is 59.1 Å². The van der Waals surface area contributed by atoms with Gasteiger partial charge in [0, 0.05) is 31.1 Å². The zero-order chi connectivity index (χ0) is 23.8. The van der Waals surface area contributed by atoms with Crippen LogP contribution >= 0.6 is 11.6 Å². The van der Waals surface area contributed by atoms with Gasteiger partial charge in [-0.1, -0.05) is 42.6 Å². The highest BCUT2D eigenvalue weighted by Gasteiger charge is 2.21. The van der Waals surface area contributed by atoms with Crippen LogP contribution in [0.3, 0.4) is 0 Å². The monoisotopic (exact) mass is 491 g/mol. The number of rotatable bonds is 8. The maximum absolute atomic E-state index is 13.0. The SMILES string of the molecule is CS(=O)(=O)N(CCCC(=O)Nc1ccccc1C(=O)N1CCCCCC1)c1cccc(Cl)c1. The molecule has 1 saturated heterocycles. The van der Waals surface area contributed by atoms with Crippen LogP contribution in [0.4, 0.5) is 11.4 Å². The fourth-order valence-corrected chi connectivity index (χ4v) is 5.08. The van der Waals surface area contributed by atoms with Crippen molar-refractivity contribution in [1.82, 2.24) is 4.90 Å². The minimum absolute atomic E-state index is 0.0722. The van der Waals surface area contributed by atoms with Gasteiger partial charge in [0.05, 0.1) is 23.2 Å². The molecule has 0 atom stereocenters. The van der Waals surface area contributed by atoms with Crippen LogP contribution in [-0.4, -0.2) is 51.0 Å². The molecule has 1 N–H and O–H groups in total. The molecule has 1 heterocycles. The van der Waals surface area contributed by atoms with Crippen molar-refractivity contribution >= 4 is 44.8 Å². The van der Waals surface area contributed by atoms with Gasteiger partial charge in [0.1, 0.15) is 0 Å². The van der Waals surface area contributed by atoms with Crippen LogP contribution in [-0.2, 0) is 14.8 Å². The number of anilines is 2. The van der Waals surface area contributed by atoms with Gasteiger partial charge in [0.2, 0.25) is 15.9 Å². The van der Waals surface area contributed by atoms with E-state index >= 15 is 0 Å². The maximum Gasteiger partial charge on any atom is 0.255 e. The largest absolute Gasteiger partial charge is 0.339 e. The number of sulfonamides is 1. The fraction of sp³-hybridized carbons (Fsp3) is 0.417. The Morgan fingerprint density at radius 2 is 1.73 bits per heavy atom. The van der Waals surface area contributed by atoms with E-state index in [1.165, 1.54) is 4.31 Å². The molecular formula is C24H30ClN3O4S. The molecule has 0 saturated carbocycles. The van der Waals surface area contributed by atoms with Gasteiger partial charge in [-0.25, -0.2) is 8.42 Å². The van der Waals surface area contributed by atoms with E-state index in [4.69, 9.17) is 11.6 Å². The minimum atomic E-state index is -3.53. The number of halogens is 1. The van der Waals surface area contributed by atoms with Crippen molar-refractivity contribution in [2.24, 2.45) is 0 Å². The number of para-hydroxylation sites is 1. The lowest BCUT2D eigenvalue weighted by Crippen LogP contribution is -2.33. The van der Waals surface area contributed by atoms with Gasteiger partial charge >= 0.3 is 0 Å². The molecule has 33 heavy (non-hydrogen) atoms. The zero-order valence-corrected chi connectivity index (χ0v) is 20.4. The molecule has 1 fully saturated rings. The van der Waals surface area contributed by atoms with E-state index in [1.54, 1.807) is 48.5 Å². The van der Waals surface area contributed by atoms with Crippen LogP contribution in [0.15, 0.2) is 48.5 Å². The second-order valence-corrected chi connectivity index (χ2v) is 10.6. The van der Waals surface area contributed by atoms with Gasteiger partial charge in [-0.15, -0.1) is 0 Å². The minimum Gasteiger partial charge on any atom is -0.339 e. The first-order chi connectivity index (χ1) is 15.8. The summed E-state index contributed by atoms with van der Waals surface area (Å²) in [6.45, 7) is 1.60. The van der Waals surface area contributed by atoms with Gasteiger partial charge in [-0.3, -0.25) is 13.9 Å². The lowest BCUT2D eigenvalue weighted by atomic mass is 10.1. The third-order valence-electron chi connectivity index (χ3n) is 5.59. The first-order valence-electron chi connectivity index (χ1n) is 11.2. The number of nitrogens with one attached hydrogen (secondary N) is 1. The summed E-state index contributed by atoms with van der Waals surface area (Å²) in [4.78, 5) is 27.5. The molecule has 2 aromatic carbocycles. The molecule has 0 spiro atoms. The number of benzene rings is 2. The smallest absolute Gasteiger partial charge is 0.255 e. The Balaban J connectivity index is 1.62. The van der Waals surface area contributed by atoms with Crippen LogP contribution < -0.4 is 9.62 Å². The summed E-state index contributed by atoms with van der Waals surface area (Å²) in [5.41, 5.74) is 1.41. The summed E-state index contributed by atoms with van der Waals surface area (Å²) >= 11 is 6.00. The second kappa shape index (κ2) is 11.5. The average molecular weight is 492 g/mol. The molecule has 3 rings (SSSR count). The van der Waals surface area contributed by atoms with E-state index in [2.05, 4.69) is 5.32 Å². The summed E-state index contributed by atoms with van der Waals surface area (Å²) in [5, 5.41) is 3.27. The normalized spacial score (nSPS) is 14.4. The molecule has 9 heteroatoms. The number of likely N-dealkylation sites (tertiary alicyclic amines) is 1. The van der Waals surface area contributed by atoms with Crippen LogP contribution in [0.2, 0.25) is 5.02 Å². The predicted molar refractivity (Wildman–Crippen MR) is 132 cm³/mol. The number of nitrogens with zero attached hydrogens (tertiary/aromatic N) is 2. The Morgan fingerprint density at radius 3 is 2.39 bits per heavy atom. The molecule has 178 valence electrons. The summed E-state index contributed by atoms with van der Waals surface area (Å²) in [6, 6.07) is 13.6. The standard InChI is InChI=1S/C24H30ClN3O4S/c1-33(31,32)28(20-11-8-10-19(25)18-20)17-9-14-23(29)26-22-13-5-4-12-21(22)24(30)27-15-6-2-3-7-16-27/h4-5,8,10-13,18H,2-3,6-7,9,14-17H2,1H3,(H,26,29). The van der Waals surface area contributed by atoms with Gasteiger partial charge in [0.15, 0.2) is 0 Å². The van der Waals surface area contributed by atoms with Crippen molar-refractivity contribution in [3.63, 3.8) is 0 Å². The first kappa shape index (κ1) is 25.1. The summed E-state index contributed by atoms with van der Waals surface area (Å²) in [5.74, 6) is -0.345. The maximum atomic E-state index is 13.0. The molecule has 0 aliphatic carbocycles. The topological polar surface area (TPSA) is 86.8 Å². The van der Waals surface area contributed by atoms with Crippen molar-refractivity contribution in [2.75, 3.05) is 35.5 Å². The molecule has 1 aliphatic rings. The molecule has 2 aromatic rings. The Hall–Kier alpha value is -2.58. The van der Waals surface area contributed by atoms with Crippen LogP contribution in [0.5, 0.6) is 0 Å². The second-order valence-electron chi connectivity index (χ2n) is 8.22. The number of hydrogen-bond donors (Lipinski definition) is 1. The zero-order valence-electron chi connectivity index (χ0n) is 18.8. The van der Waals surface area contributed by atoms with Crippen molar-refractivity contribution in [2.45, 2.75) is 38.5 Å². The van der Waals surface area contributed by atoms with Gasteiger partial charge in [0.25, 0.3) is 5.91 Å². The average Bonchev–Trinajstić information content (AvgIpc) is 3.05. The van der Waals surface area contributed by atoms with Crippen molar-refractivity contribution < 1.29 is 18.0 Å². The third-order valence-corrected chi connectivity index (χ3v) is 7.02. The molecule has 0 aromatic heterocycles. The molecule has 2 amide bonds. The Bertz CT molecular complexity index is 1080. The summed E-state index contributed by atoms with van der Waals surface area (Å²) in [7, 11) is -3.53. The molecule has 1 aliphatic heterocycles. The first-order valence-corrected chi connectivity index (χ1v) is 13.4. The van der Waals surface area contributed by atoms with Crippen LogP contribution in [0.25, 0.3) is 0 Å². The number of carbonyl (C=O) groups excluding carboxylic acids is 2. The van der Waals surface area contributed by atoms with E-state index in [1.807, 2.05) is 4.90 Å². The molecular weight excluding hydrogens is 462 g/mol. The Kier molecular flexibility index (Phi) is 8.74. The predicted octanol–water partition coefficient (Wildman–Crippen LogP) is 4.54. The van der Waals surface area contributed by atoms with Crippen molar-refractivity contribution in [1.29, 1.82) is 0 Å². The lowest BCUT2D eigenvalue weighted by Gasteiger charge is -2.23. The fourth-order valence-electron chi connectivity index (χ4n) is 3.94. The van der Waals surface area contributed by atoms with E-state index in [9.17, 15) is 18.0 Å². The quantitative estimate of drug-likeness (QED) is 0.587. The van der Waals surface area contributed by atoms with Crippen LogP contribution in [0.1, 0.15) is 48.9 Å². The van der Waals surface area contributed by atoms with Crippen LogP contribution in [0, 0.1) is 0 Å². The number of hydrogen-bond acceptors (Lipinski definition) is 4. The number of carbonyl (C=O) groups is 2. The molecule has 0 radical (unpaired) electrons. The molecule has 7 nitrogen and oxygen atoms in total. The molecule has 0 unspecified atom stereocenters.